The molecular weight excluding hydrogens is 225 g/mol. The molecule has 0 bridgehead atoms. The van der Waals surface area contributed by atoms with Crippen molar-refractivity contribution >= 4 is 11.6 Å². The van der Waals surface area contributed by atoms with Gasteiger partial charge in [-0.2, -0.15) is 0 Å². The van der Waals surface area contributed by atoms with Gasteiger partial charge in [0, 0.05) is 10.6 Å². The summed E-state index contributed by atoms with van der Waals surface area (Å²) >= 11 is 5.84. The highest BCUT2D eigenvalue weighted by atomic mass is 35.5. The Morgan fingerprint density at radius 3 is 2.12 bits per heavy atom. The van der Waals surface area contributed by atoms with E-state index in [1.165, 1.54) is 0 Å². The van der Waals surface area contributed by atoms with Gasteiger partial charge in [-0.1, -0.05) is 23.7 Å². The van der Waals surface area contributed by atoms with Crippen molar-refractivity contribution in [3.63, 3.8) is 0 Å². The Hall–Kier alpha value is -0.600. The van der Waals surface area contributed by atoms with Crippen molar-refractivity contribution < 1.29 is 4.39 Å². The highest BCUT2D eigenvalue weighted by Crippen LogP contribution is 2.41. The van der Waals surface area contributed by atoms with Gasteiger partial charge in [-0.05, 0) is 50.3 Å². The molecule has 2 N–H and O–H groups in total. The minimum Gasteiger partial charge on any atom is -0.321 e. The largest absolute Gasteiger partial charge is 0.321 e. The molecule has 1 aliphatic rings. The minimum atomic E-state index is -1.05. The second kappa shape index (κ2) is 4.01. The first kappa shape index (κ1) is 11.9. The molecule has 16 heavy (non-hydrogen) atoms. The number of halogens is 2. The summed E-state index contributed by atoms with van der Waals surface area (Å²) < 4.78 is 13.7. The van der Waals surface area contributed by atoms with Crippen molar-refractivity contribution in [1.82, 2.24) is 0 Å². The molecule has 1 aliphatic carbocycles. The predicted molar refractivity (Wildman–Crippen MR) is 65.3 cm³/mol. The summed E-state index contributed by atoms with van der Waals surface area (Å²) in [7, 11) is 0. The maximum atomic E-state index is 13.7. The smallest absolute Gasteiger partial charge is 0.108 e. The van der Waals surface area contributed by atoms with Crippen LogP contribution in [0.4, 0.5) is 4.39 Å². The Labute approximate surface area is 101 Å². The van der Waals surface area contributed by atoms with Crippen LogP contribution in [0.3, 0.4) is 0 Å². The average molecular weight is 242 g/mol. The van der Waals surface area contributed by atoms with Gasteiger partial charge >= 0.3 is 0 Å². The molecule has 88 valence electrons. The molecule has 1 saturated carbocycles. The quantitative estimate of drug-likeness (QED) is 0.795. The van der Waals surface area contributed by atoms with Crippen molar-refractivity contribution in [3.05, 3.63) is 34.9 Å². The van der Waals surface area contributed by atoms with Crippen LogP contribution in [0.5, 0.6) is 0 Å². The van der Waals surface area contributed by atoms with Crippen molar-refractivity contribution in [2.45, 2.75) is 43.8 Å². The monoisotopic (exact) mass is 241 g/mol. The average Bonchev–Trinajstić information content (AvgIpc) is 2.24. The molecule has 0 spiro atoms. The Morgan fingerprint density at radius 1 is 1.12 bits per heavy atom. The molecule has 1 nitrogen and oxygen atoms in total. The first-order valence-corrected chi connectivity index (χ1v) is 6.03. The SMILES string of the molecule is CC1(F)CCC(N)(c2ccc(Cl)cc2)CC1. The first-order chi connectivity index (χ1) is 7.41. The number of hydrogen-bond donors (Lipinski definition) is 1. The van der Waals surface area contributed by atoms with E-state index in [9.17, 15) is 4.39 Å². The van der Waals surface area contributed by atoms with Crippen LogP contribution < -0.4 is 5.73 Å². The van der Waals surface area contributed by atoms with Crippen LogP contribution in [0, 0.1) is 0 Å². The fraction of sp³-hybridized carbons (Fsp3) is 0.538. The Bertz CT molecular complexity index is 362. The lowest BCUT2D eigenvalue weighted by atomic mass is 9.73. The van der Waals surface area contributed by atoms with Gasteiger partial charge in [0.1, 0.15) is 5.67 Å². The molecule has 0 radical (unpaired) electrons. The van der Waals surface area contributed by atoms with Crippen molar-refractivity contribution in [2.24, 2.45) is 5.73 Å². The van der Waals surface area contributed by atoms with Gasteiger partial charge in [-0.15, -0.1) is 0 Å². The second-order valence-corrected chi connectivity index (χ2v) is 5.51. The molecule has 1 aromatic carbocycles. The van der Waals surface area contributed by atoms with E-state index in [2.05, 4.69) is 0 Å². The van der Waals surface area contributed by atoms with Gasteiger partial charge in [0.05, 0.1) is 0 Å². The second-order valence-electron chi connectivity index (χ2n) is 5.08. The van der Waals surface area contributed by atoms with E-state index < -0.39 is 5.67 Å². The van der Waals surface area contributed by atoms with E-state index in [1.54, 1.807) is 6.92 Å². The van der Waals surface area contributed by atoms with E-state index in [0.29, 0.717) is 30.7 Å². The van der Waals surface area contributed by atoms with E-state index in [-0.39, 0.29) is 5.54 Å². The summed E-state index contributed by atoms with van der Waals surface area (Å²) in [6, 6.07) is 7.58. The zero-order chi connectivity index (χ0) is 11.8. The molecular formula is C13H17ClFN. The van der Waals surface area contributed by atoms with Gasteiger partial charge in [0.15, 0.2) is 0 Å². The van der Waals surface area contributed by atoms with Crippen LogP contribution >= 0.6 is 11.6 Å². The number of nitrogens with two attached hydrogens (primary N) is 1. The van der Waals surface area contributed by atoms with E-state index >= 15 is 0 Å². The Morgan fingerprint density at radius 2 is 1.62 bits per heavy atom. The molecule has 1 aromatic rings. The number of hydrogen-bond acceptors (Lipinski definition) is 1. The molecule has 0 amide bonds. The van der Waals surface area contributed by atoms with Crippen LogP contribution in [-0.2, 0) is 5.54 Å². The van der Waals surface area contributed by atoms with Gasteiger partial charge in [-0.3, -0.25) is 0 Å². The highest BCUT2D eigenvalue weighted by molar-refractivity contribution is 6.30. The summed E-state index contributed by atoms with van der Waals surface area (Å²) in [5, 5.41) is 0.707. The summed E-state index contributed by atoms with van der Waals surface area (Å²) in [6.07, 6.45) is 2.46. The zero-order valence-electron chi connectivity index (χ0n) is 9.47. The third-order valence-corrected chi connectivity index (χ3v) is 3.86. The lowest BCUT2D eigenvalue weighted by Gasteiger charge is -2.39. The summed E-state index contributed by atoms with van der Waals surface area (Å²) in [4.78, 5) is 0. The summed E-state index contributed by atoms with van der Waals surface area (Å²) in [5.74, 6) is 0. The zero-order valence-corrected chi connectivity index (χ0v) is 10.2. The van der Waals surface area contributed by atoms with E-state index in [1.807, 2.05) is 24.3 Å². The molecule has 0 unspecified atom stereocenters. The topological polar surface area (TPSA) is 26.0 Å². The van der Waals surface area contributed by atoms with E-state index in [0.717, 1.165) is 5.56 Å². The van der Waals surface area contributed by atoms with Crippen molar-refractivity contribution in [1.29, 1.82) is 0 Å². The van der Waals surface area contributed by atoms with Crippen molar-refractivity contribution in [2.75, 3.05) is 0 Å². The highest BCUT2D eigenvalue weighted by Gasteiger charge is 2.38. The minimum absolute atomic E-state index is 0.379. The van der Waals surface area contributed by atoms with Crippen LogP contribution in [0.2, 0.25) is 5.02 Å². The molecule has 0 aromatic heterocycles. The molecule has 0 heterocycles. The molecule has 1 fully saturated rings. The van der Waals surface area contributed by atoms with Crippen LogP contribution in [0.25, 0.3) is 0 Å². The van der Waals surface area contributed by atoms with Gasteiger partial charge in [-0.25, -0.2) is 4.39 Å². The Balaban J connectivity index is 2.18. The summed E-state index contributed by atoms with van der Waals surface area (Å²) in [6.45, 7) is 1.66. The first-order valence-electron chi connectivity index (χ1n) is 5.65. The third-order valence-electron chi connectivity index (χ3n) is 3.60. The number of benzene rings is 1. The van der Waals surface area contributed by atoms with Crippen molar-refractivity contribution in [3.8, 4) is 0 Å². The molecule has 2 rings (SSSR count). The van der Waals surface area contributed by atoms with Gasteiger partial charge < -0.3 is 5.73 Å². The lowest BCUT2D eigenvalue weighted by Crippen LogP contribution is -2.43. The third kappa shape index (κ3) is 2.38. The maximum Gasteiger partial charge on any atom is 0.108 e. The number of alkyl halides is 1. The van der Waals surface area contributed by atoms with Crippen LogP contribution in [0.15, 0.2) is 24.3 Å². The van der Waals surface area contributed by atoms with Crippen LogP contribution in [0.1, 0.15) is 38.2 Å². The van der Waals surface area contributed by atoms with Crippen LogP contribution in [-0.4, -0.2) is 5.67 Å². The molecule has 0 aliphatic heterocycles. The molecule has 0 atom stereocenters. The lowest BCUT2D eigenvalue weighted by molar-refractivity contribution is 0.0898. The maximum absolute atomic E-state index is 13.7. The molecule has 0 saturated heterocycles. The van der Waals surface area contributed by atoms with Gasteiger partial charge in [0.25, 0.3) is 0 Å². The standard InChI is InChI=1S/C13H17ClFN/c1-12(15)6-8-13(16,9-7-12)10-2-4-11(14)5-3-10/h2-5H,6-9,16H2,1H3. The van der Waals surface area contributed by atoms with E-state index in [4.69, 9.17) is 17.3 Å². The normalized spacial score (nSPS) is 35.0. The fourth-order valence-electron chi connectivity index (χ4n) is 2.29. The number of rotatable bonds is 1. The predicted octanol–water partition coefficient (Wildman–Crippen LogP) is 3.80. The summed E-state index contributed by atoms with van der Waals surface area (Å²) in [5.41, 5.74) is 5.98. The molecule has 3 heteroatoms. The fourth-order valence-corrected chi connectivity index (χ4v) is 2.41. The Kier molecular flexibility index (Phi) is 2.97. The van der Waals surface area contributed by atoms with Gasteiger partial charge in [0.2, 0.25) is 0 Å².